The molecule has 0 aromatic rings. The molecule has 2 rings (SSSR count). The molecule has 0 saturated carbocycles. The molecule has 2 heterocycles. The summed E-state index contributed by atoms with van der Waals surface area (Å²) in [5.41, 5.74) is 6.18. The summed E-state index contributed by atoms with van der Waals surface area (Å²) in [5.74, 6) is 1.62. The molecule has 2 aliphatic heterocycles. The molecule has 0 spiro atoms. The molecule has 4 unspecified atom stereocenters. The van der Waals surface area contributed by atoms with Crippen LogP contribution in [0.5, 0.6) is 0 Å². The van der Waals surface area contributed by atoms with Crippen LogP contribution in [0, 0.1) is 11.8 Å². The van der Waals surface area contributed by atoms with Crippen LogP contribution in [0.2, 0.25) is 0 Å². The molecular formula is C12H24N2O. The third kappa shape index (κ3) is 2.71. The predicted octanol–water partition coefficient (Wildman–Crippen LogP) is 1.08. The summed E-state index contributed by atoms with van der Waals surface area (Å²) in [7, 11) is 0. The molecule has 2 saturated heterocycles. The van der Waals surface area contributed by atoms with Gasteiger partial charge in [0.25, 0.3) is 0 Å². The van der Waals surface area contributed by atoms with Crippen LogP contribution in [0.1, 0.15) is 26.7 Å². The first-order chi connectivity index (χ1) is 7.16. The average molecular weight is 212 g/mol. The van der Waals surface area contributed by atoms with E-state index in [1.54, 1.807) is 0 Å². The zero-order valence-electron chi connectivity index (χ0n) is 9.98. The third-order valence-corrected chi connectivity index (χ3v) is 3.74. The van der Waals surface area contributed by atoms with Gasteiger partial charge in [-0.3, -0.25) is 4.90 Å². The summed E-state index contributed by atoms with van der Waals surface area (Å²) < 4.78 is 5.55. The molecule has 0 aromatic heterocycles. The summed E-state index contributed by atoms with van der Waals surface area (Å²) in [6.45, 7) is 8.77. The lowest BCUT2D eigenvalue weighted by Crippen LogP contribution is -2.57. The first-order valence-electron chi connectivity index (χ1n) is 6.24. The van der Waals surface area contributed by atoms with Crippen LogP contribution < -0.4 is 5.73 Å². The number of ether oxygens (including phenoxy) is 1. The van der Waals surface area contributed by atoms with E-state index in [9.17, 15) is 0 Å². The van der Waals surface area contributed by atoms with Crippen molar-refractivity contribution in [2.45, 2.75) is 38.8 Å². The highest BCUT2D eigenvalue weighted by Crippen LogP contribution is 2.25. The van der Waals surface area contributed by atoms with E-state index in [0.29, 0.717) is 12.1 Å². The van der Waals surface area contributed by atoms with Crippen molar-refractivity contribution >= 4 is 0 Å². The Bertz CT molecular complexity index is 200. The summed E-state index contributed by atoms with van der Waals surface area (Å²) in [5, 5.41) is 0. The van der Waals surface area contributed by atoms with Gasteiger partial charge in [-0.05, 0) is 24.7 Å². The molecule has 0 aliphatic carbocycles. The van der Waals surface area contributed by atoms with E-state index >= 15 is 0 Å². The SMILES string of the molecule is CC1CC(C)CN(C2COCCC2N)C1. The molecule has 3 heteroatoms. The first-order valence-corrected chi connectivity index (χ1v) is 6.24. The lowest BCUT2D eigenvalue weighted by atomic mass is 9.89. The molecule has 0 aromatic carbocycles. The molecule has 4 atom stereocenters. The van der Waals surface area contributed by atoms with Crippen LogP contribution in [0.15, 0.2) is 0 Å². The minimum absolute atomic E-state index is 0.316. The summed E-state index contributed by atoms with van der Waals surface area (Å²) in [6, 6.07) is 0.778. The molecule has 2 N–H and O–H groups in total. The fourth-order valence-corrected chi connectivity index (χ4v) is 3.10. The Balaban J connectivity index is 1.95. The first kappa shape index (κ1) is 11.4. The maximum atomic E-state index is 6.18. The van der Waals surface area contributed by atoms with Crippen LogP contribution >= 0.6 is 0 Å². The number of rotatable bonds is 1. The van der Waals surface area contributed by atoms with Gasteiger partial charge in [-0.2, -0.15) is 0 Å². The van der Waals surface area contributed by atoms with Crippen LogP contribution in [-0.4, -0.2) is 43.3 Å². The standard InChI is InChI=1S/C12H24N2O/c1-9-5-10(2)7-14(6-9)12-8-15-4-3-11(12)13/h9-12H,3-8,13H2,1-2H3. The second-order valence-corrected chi connectivity index (χ2v) is 5.49. The van der Waals surface area contributed by atoms with Crippen molar-refractivity contribution in [2.75, 3.05) is 26.3 Å². The van der Waals surface area contributed by atoms with Gasteiger partial charge in [0.1, 0.15) is 0 Å². The molecule has 88 valence electrons. The molecule has 0 amide bonds. The van der Waals surface area contributed by atoms with Crippen LogP contribution in [-0.2, 0) is 4.74 Å². The molecule has 2 fully saturated rings. The minimum Gasteiger partial charge on any atom is -0.380 e. The second-order valence-electron chi connectivity index (χ2n) is 5.49. The molecule has 15 heavy (non-hydrogen) atoms. The van der Waals surface area contributed by atoms with Crippen LogP contribution in [0.4, 0.5) is 0 Å². The number of piperidine rings is 1. The Morgan fingerprint density at radius 1 is 1.20 bits per heavy atom. The fraction of sp³-hybridized carbons (Fsp3) is 1.00. The van der Waals surface area contributed by atoms with Gasteiger partial charge in [0.15, 0.2) is 0 Å². The minimum atomic E-state index is 0.316. The maximum Gasteiger partial charge on any atom is 0.0636 e. The van der Waals surface area contributed by atoms with Gasteiger partial charge in [0.05, 0.1) is 6.61 Å². The predicted molar refractivity (Wildman–Crippen MR) is 61.7 cm³/mol. The normalized spacial score (nSPS) is 44.2. The van der Waals surface area contributed by atoms with Crippen molar-refractivity contribution < 1.29 is 4.74 Å². The highest BCUT2D eigenvalue weighted by Gasteiger charge is 2.32. The maximum absolute atomic E-state index is 6.18. The molecule has 0 radical (unpaired) electrons. The average Bonchev–Trinajstić information content (AvgIpc) is 2.16. The summed E-state index contributed by atoms with van der Waals surface area (Å²) in [6.07, 6.45) is 2.38. The number of nitrogens with two attached hydrogens (primary N) is 1. The second kappa shape index (κ2) is 4.81. The highest BCUT2D eigenvalue weighted by molar-refractivity contribution is 4.88. The quantitative estimate of drug-likeness (QED) is 0.707. The van der Waals surface area contributed by atoms with Gasteiger partial charge in [-0.1, -0.05) is 13.8 Å². The summed E-state index contributed by atoms with van der Waals surface area (Å²) >= 11 is 0. The molecule has 0 bridgehead atoms. The van der Waals surface area contributed by atoms with E-state index in [0.717, 1.165) is 31.5 Å². The lowest BCUT2D eigenvalue weighted by Gasteiger charge is -2.43. The topological polar surface area (TPSA) is 38.5 Å². The van der Waals surface area contributed by atoms with E-state index in [1.807, 2.05) is 0 Å². The number of hydrogen-bond acceptors (Lipinski definition) is 3. The zero-order chi connectivity index (χ0) is 10.8. The molecular weight excluding hydrogens is 188 g/mol. The summed E-state index contributed by atoms with van der Waals surface area (Å²) in [4.78, 5) is 2.56. The smallest absolute Gasteiger partial charge is 0.0636 e. The van der Waals surface area contributed by atoms with E-state index in [2.05, 4.69) is 18.7 Å². The lowest BCUT2D eigenvalue weighted by molar-refractivity contribution is -0.0170. The largest absolute Gasteiger partial charge is 0.380 e. The van der Waals surface area contributed by atoms with Crippen molar-refractivity contribution in [1.29, 1.82) is 0 Å². The number of hydrogen-bond donors (Lipinski definition) is 1. The Kier molecular flexibility index (Phi) is 3.65. The third-order valence-electron chi connectivity index (χ3n) is 3.74. The van der Waals surface area contributed by atoms with Gasteiger partial charge in [0, 0.05) is 31.8 Å². The van der Waals surface area contributed by atoms with Crippen molar-refractivity contribution in [2.24, 2.45) is 17.6 Å². The van der Waals surface area contributed by atoms with E-state index in [1.165, 1.54) is 19.5 Å². The Hall–Kier alpha value is -0.120. The van der Waals surface area contributed by atoms with Gasteiger partial charge in [0.2, 0.25) is 0 Å². The monoisotopic (exact) mass is 212 g/mol. The van der Waals surface area contributed by atoms with Crippen molar-refractivity contribution in [3.63, 3.8) is 0 Å². The Morgan fingerprint density at radius 2 is 1.87 bits per heavy atom. The van der Waals surface area contributed by atoms with E-state index < -0.39 is 0 Å². The van der Waals surface area contributed by atoms with Gasteiger partial charge in [-0.25, -0.2) is 0 Å². The van der Waals surface area contributed by atoms with Crippen LogP contribution in [0.25, 0.3) is 0 Å². The van der Waals surface area contributed by atoms with Gasteiger partial charge in [-0.15, -0.1) is 0 Å². The van der Waals surface area contributed by atoms with Crippen molar-refractivity contribution in [3.05, 3.63) is 0 Å². The van der Waals surface area contributed by atoms with Gasteiger partial charge < -0.3 is 10.5 Å². The highest BCUT2D eigenvalue weighted by atomic mass is 16.5. The fourth-order valence-electron chi connectivity index (χ4n) is 3.10. The number of likely N-dealkylation sites (tertiary alicyclic amines) is 1. The van der Waals surface area contributed by atoms with Crippen molar-refractivity contribution in [3.8, 4) is 0 Å². The Morgan fingerprint density at radius 3 is 2.47 bits per heavy atom. The van der Waals surface area contributed by atoms with E-state index in [-0.39, 0.29) is 0 Å². The van der Waals surface area contributed by atoms with Gasteiger partial charge >= 0.3 is 0 Å². The molecule has 2 aliphatic rings. The van der Waals surface area contributed by atoms with Crippen LogP contribution in [0.3, 0.4) is 0 Å². The zero-order valence-corrected chi connectivity index (χ0v) is 9.98. The molecule has 3 nitrogen and oxygen atoms in total. The van der Waals surface area contributed by atoms with E-state index in [4.69, 9.17) is 10.5 Å². The Labute approximate surface area is 93.0 Å². The van der Waals surface area contributed by atoms with Crippen molar-refractivity contribution in [1.82, 2.24) is 4.90 Å². The number of nitrogens with zero attached hydrogens (tertiary/aromatic N) is 1.